The van der Waals surface area contributed by atoms with E-state index in [2.05, 4.69) is 22.4 Å². The van der Waals surface area contributed by atoms with Crippen molar-refractivity contribution >= 4 is 23.7 Å². The van der Waals surface area contributed by atoms with Gasteiger partial charge in [-0.05, 0) is 49.2 Å². The highest BCUT2D eigenvalue weighted by molar-refractivity contribution is 5.96. The molecule has 0 unspecified atom stereocenters. The fourth-order valence-corrected chi connectivity index (χ4v) is 3.41. The minimum Gasteiger partial charge on any atom is -0.489 e. The molecule has 2 N–H and O–H groups in total. The van der Waals surface area contributed by atoms with Crippen molar-refractivity contribution in [2.24, 2.45) is 11.0 Å². The van der Waals surface area contributed by atoms with Crippen LogP contribution in [0.3, 0.4) is 0 Å². The van der Waals surface area contributed by atoms with Gasteiger partial charge in [-0.2, -0.15) is 5.10 Å². The maximum atomic E-state index is 12.3. The predicted molar refractivity (Wildman–Crippen MR) is 119 cm³/mol. The molecule has 30 heavy (non-hydrogen) atoms. The number of anilines is 1. The lowest BCUT2D eigenvalue weighted by molar-refractivity contribution is -0.120. The highest BCUT2D eigenvalue weighted by Gasteiger charge is 2.21. The Bertz CT molecular complexity index is 900. The van der Waals surface area contributed by atoms with E-state index in [1.165, 1.54) is 12.6 Å². The molecule has 1 aliphatic carbocycles. The van der Waals surface area contributed by atoms with Crippen LogP contribution in [0.1, 0.15) is 48.0 Å². The van der Waals surface area contributed by atoms with Crippen molar-refractivity contribution in [2.75, 3.05) is 11.9 Å². The largest absolute Gasteiger partial charge is 0.489 e. The zero-order valence-electron chi connectivity index (χ0n) is 17.0. The molecule has 2 aromatic rings. The van der Waals surface area contributed by atoms with Crippen LogP contribution in [0.2, 0.25) is 0 Å². The van der Waals surface area contributed by atoms with Crippen LogP contribution in [0.4, 0.5) is 5.69 Å². The number of hydrazone groups is 1. The van der Waals surface area contributed by atoms with Crippen molar-refractivity contribution in [1.29, 1.82) is 0 Å². The monoisotopic (exact) mass is 405 g/mol. The van der Waals surface area contributed by atoms with E-state index < -0.39 is 0 Å². The molecular weight excluding hydrogens is 378 g/mol. The molecule has 2 amide bonds. The summed E-state index contributed by atoms with van der Waals surface area (Å²) in [6.07, 6.45) is 8.54. The van der Waals surface area contributed by atoms with Gasteiger partial charge in [0.25, 0.3) is 5.91 Å². The van der Waals surface area contributed by atoms with Crippen LogP contribution in [0, 0.1) is 5.92 Å². The molecule has 0 spiro atoms. The Kier molecular flexibility index (Phi) is 7.78. The van der Waals surface area contributed by atoms with Gasteiger partial charge in [-0.3, -0.25) is 9.59 Å². The summed E-state index contributed by atoms with van der Waals surface area (Å²) in [5.74, 6) is 0.484. The van der Waals surface area contributed by atoms with Gasteiger partial charge in [-0.1, -0.05) is 44.1 Å². The number of hydrogen-bond donors (Lipinski definition) is 2. The molecule has 0 atom stereocenters. The number of carbonyl (C=O) groups excluding carboxylic acids is 2. The first-order valence-corrected chi connectivity index (χ1v) is 10.2. The van der Waals surface area contributed by atoms with Crippen molar-refractivity contribution in [3.63, 3.8) is 0 Å². The molecule has 1 fully saturated rings. The van der Waals surface area contributed by atoms with Gasteiger partial charge in [0.2, 0.25) is 5.91 Å². The van der Waals surface area contributed by atoms with Gasteiger partial charge in [0.05, 0.1) is 6.21 Å². The van der Waals surface area contributed by atoms with Crippen LogP contribution in [-0.4, -0.2) is 24.6 Å². The fraction of sp³-hybridized carbons (Fsp3) is 0.292. The van der Waals surface area contributed by atoms with Gasteiger partial charge in [0, 0.05) is 22.7 Å². The molecule has 0 heterocycles. The lowest BCUT2D eigenvalue weighted by Gasteiger charge is -2.20. The van der Waals surface area contributed by atoms with E-state index in [9.17, 15) is 9.59 Å². The molecule has 3 rings (SSSR count). The van der Waals surface area contributed by atoms with Crippen molar-refractivity contribution in [3.05, 3.63) is 72.3 Å². The summed E-state index contributed by atoms with van der Waals surface area (Å²) in [7, 11) is 0. The lowest BCUT2D eigenvalue weighted by Crippen LogP contribution is -2.24. The molecular formula is C24H27N3O3. The van der Waals surface area contributed by atoms with Crippen molar-refractivity contribution in [1.82, 2.24) is 5.43 Å². The Morgan fingerprint density at radius 1 is 1.07 bits per heavy atom. The number of hydrogen-bond acceptors (Lipinski definition) is 4. The molecule has 2 aromatic carbocycles. The first-order chi connectivity index (χ1) is 14.7. The van der Waals surface area contributed by atoms with E-state index in [0.29, 0.717) is 23.6 Å². The molecule has 0 aromatic heterocycles. The third kappa shape index (κ3) is 6.04. The molecule has 6 heteroatoms. The number of nitrogens with zero attached hydrogens (tertiary/aromatic N) is 1. The number of carbonyl (C=O) groups is 2. The van der Waals surface area contributed by atoms with Gasteiger partial charge in [0.1, 0.15) is 12.4 Å². The average Bonchev–Trinajstić information content (AvgIpc) is 2.79. The van der Waals surface area contributed by atoms with E-state index >= 15 is 0 Å². The number of ether oxygens (including phenoxy) is 1. The quantitative estimate of drug-likeness (QED) is 0.385. The highest BCUT2D eigenvalue weighted by Crippen LogP contribution is 2.25. The summed E-state index contributed by atoms with van der Waals surface area (Å²) in [4.78, 5) is 24.6. The smallest absolute Gasteiger partial charge is 0.271 e. The SMILES string of the molecule is C=CCOc1ccccc1/C=N/NC(=O)c1ccc(NC(=O)C2CCCCC2)cc1. The maximum Gasteiger partial charge on any atom is 0.271 e. The first kappa shape index (κ1) is 21.3. The summed E-state index contributed by atoms with van der Waals surface area (Å²) >= 11 is 0. The molecule has 0 saturated heterocycles. The Hall–Kier alpha value is -3.41. The van der Waals surface area contributed by atoms with Gasteiger partial charge in [0.15, 0.2) is 0 Å². The zero-order chi connectivity index (χ0) is 21.2. The van der Waals surface area contributed by atoms with Crippen molar-refractivity contribution in [2.45, 2.75) is 32.1 Å². The highest BCUT2D eigenvalue weighted by atomic mass is 16.5. The van der Waals surface area contributed by atoms with Gasteiger partial charge < -0.3 is 10.1 Å². The van der Waals surface area contributed by atoms with E-state index in [0.717, 1.165) is 31.2 Å². The summed E-state index contributed by atoms with van der Waals surface area (Å²) in [5, 5.41) is 6.96. The number of nitrogens with one attached hydrogen (secondary N) is 2. The minimum absolute atomic E-state index is 0.0637. The maximum absolute atomic E-state index is 12.3. The second-order valence-corrected chi connectivity index (χ2v) is 7.24. The summed E-state index contributed by atoms with van der Waals surface area (Å²) in [6, 6.07) is 14.2. The third-order valence-electron chi connectivity index (χ3n) is 5.04. The van der Waals surface area contributed by atoms with Crippen LogP contribution in [0.25, 0.3) is 0 Å². The number of para-hydroxylation sites is 1. The van der Waals surface area contributed by atoms with E-state index in [1.807, 2.05) is 24.3 Å². The second kappa shape index (κ2) is 11.0. The van der Waals surface area contributed by atoms with Crippen LogP contribution in [0.5, 0.6) is 5.75 Å². The molecule has 6 nitrogen and oxygen atoms in total. The van der Waals surface area contributed by atoms with E-state index in [4.69, 9.17) is 4.74 Å². The van der Waals surface area contributed by atoms with E-state index in [-0.39, 0.29) is 17.7 Å². The van der Waals surface area contributed by atoms with Gasteiger partial charge >= 0.3 is 0 Å². The minimum atomic E-state index is -0.333. The van der Waals surface area contributed by atoms with Crippen molar-refractivity contribution in [3.8, 4) is 5.75 Å². The fourth-order valence-electron chi connectivity index (χ4n) is 3.41. The zero-order valence-corrected chi connectivity index (χ0v) is 17.0. The van der Waals surface area contributed by atoms with Crippen LogP contribution in [-0.2, 0) is 4.79 Å². The summed E-state index contributed by atoms with van der Waals surface area (Å²) < 4.78 is 5.56. The standard InChI is InChI=1S/C24H27N3O3/c1-2-16-30-22-11-7-6-10-20(22)17-25-27-24(29)19-12-14-21(15-13-19)26-23(28)18-8-4-3-5-9-18/h2,6-7,10-15,17-18H,1,3-5,8-9,16H2,(H,26,28)(H,27,29)/b25-17+. The van der Waals surface area contributed by atoms with E-state index in [1.54, 1.807) is 30.3 Å². The Balaban J connectivity index is 1.54. The van der Waals surface area contributed by atoms with Crippen LogP contribution in [0.15, 0.2) is 66.3 Å². The summed E-state index contributed by atoms with van der Waals surface area (Å²) in [5.41, 5.74) is 4.41. The number of rotatable bonds is 8. The molecule has 0 aliphatic heterocycles. The van der Waals surface area contributed by atoms with Gasteiger partial charge in [-0.15, -0.1) is 0 Å². The normalized spacial score (nSPS) is 14.3. The van der Waals surface area contributed by atoms with Crippen molar-refractivity contribution < 1.29 is 14.3 Å². The summed E-state index contributed by atoms with van der Waals surface area (Å²) in [6.45, 7) is 4.02. The lowest BCUT2D eigenvalue weighted by atomic mass is 9.88. The molecule has 156 valence electrons. The molecule has 1 aliphatic rings. The van der Waals surface area contributed by atoms with Crippen LogP contribution >= 0.6 is 0 Å². The molecule has 0 radical (unpaired) electrons. The molecule has 0 bridgehead atoms. The predicted octanol–water partition coefficient (Wildman–Crippen LogP) is 4.53. The second-order valence-electron chi connectivity index (χ2n) is 7.24. The Morgan fingerprint density at radius 2 is 1.80 bits per heavy atom. The Labute approximate surface area is 177 Å². The topological polar surface area (TPSA) is 79.8 Å². The molecule has 1 saturated carbocycles. The number of benzene rings is 2. The third-order valence-corrected chi connectivity index (χ3v) is 5.04. The number of amides is 2. The van der Waals surface area contributed by atoms with Crippen LogP contribution < -0.4 is 15.5 Å². The first-order valence-electron chi connectivity index (χ1n) is 10.2. The average molecular weight is 405 g/mol. The Morgan fingerprint density at radius 3 is 2.53 bits per heavy atom. The van der Waals surface area contributed by atoms with Gasteiger partial charge in [-0.25, -0.2) is 5.43 Å².